The molecule has 0 aliphatic rings. The van der Waals surface area contributed by atoms with Crippen LogP contribution in [0.5, 0.6) is 11.5 Å². The van der Waals surface area contributed by atoms with Crippen LogP contribution >= 0.6 is 0 Å². The Labute approximate surface area is 175 Å². The van der Waals surface area contributed by atoms with Gasteiger partial charge in [0.25, 0.3) is 0 Å². The maximum atomic E-state index is 11.2. The highest BCUT2D eigenvalue weighted by atomic mass is 16.5. The zero-order valence-corrected chi connectivity index (χ0v) is 17.8. The molecule has 0 fully saturated rings. The Morgan fingerprint density at radius 3 is 1.97 bits per heavy atom. The lowest BCUT2D eigenvalue weighted by Gasteiger charge is -2.09. The van der Waals surface area contributed by atoms with Gasteiger partial charge in [-0.15, -0.1) is 6.58 Å². The lowest BCUT2D eigenvalue weighted by atomic mass is 10.0. The normalized spacial score (nSPS) is 11.1. The molecule has 0 saturated heterocycles. The van der Waals surface area contributed by atoms with E-state index in [0.717, 1.165) is 44.1 Å². The molecule has 0 aliphatic heterocycles. The van der Waals surface area contributed by atoms with Crippen molar-refractivity contribution in [3.63, 3.8) is 0 Å². The number of rotatable bonds is 14. The molecule has 0 spiro atoms. The largest absolute Gasteiger partial charge is 0.427 e. The van der Waals surface area contributed by atoms with E-state index in [9.17, 15) is 9.59 Å². The minimum Gasteiger partial charge on any atom is -0.427 e. The van der Waals surface area contributed by atoms with Crippen LogP contribution in [0.4, 0.5) is 0 Å². The van der Waals surface area contributed by atoms with E-state index < -0.39 is 11.9 Å². The van der Waals surface area contributed by atoms with E-state index in [-0.39, 0.29) is 0 Å². The van der Waals surface area contributed by atoms with E-state index in [2.05, 4.69) is 30.9 Å². The summed E-state index contributed by atoms with van der Waals surface area (Å²) in [4.78, 5) is 22.4. The Bertz CT molecular complexity index is 667. The maximum absolute atomic E-state index is 11.2. The van der Waals surface area contributed by atoms with Crippen LogP contribution in [-0.2, 0) is 16.0 Å². The molecule has 4 nitrogen and oxygen atoms in total. The number of ether oxygens (including phenoxy) is 2. The second-order valence-electron chi connectivity index (χ2n) is 7.01. The summed E-state index contributed by atoms with van der Waals surface area (Å²) in [5.41, 5.74) is 1.01. The Morgan fingerprint density at radius 1 is 0.793 bits per heavy atom. The number of unbranched alkanes of at least 4 members (excludes halogenated alkanes) is 5. The SMILES string of the molecule is C=CC/C=C\C/C=C\CCCCCCCc1cc(OC(C)=O)cc(OC(C)=O)c1. The number of esters is 2. The molecule has 0 amide bonds. The average Bonchev–Trinajstić information content (AvgIpc) is 2.64. The van der Waals surface area contributed by atoms with Crippen molar-refractivity contribution in [3.8, 4) is 11.5 Å². The number of aryl methyl sites for hydroxylation is 1. The zero-order valence-electron chi connectivity index (χ0n) is 17.8. The highest BCUT2D eigenvalue weighted by molar-refractivity contribution is 5.71. The lowest BCUT2D eigenvalue weighted by molar-refractivity contribution is -0.132. The van der Waals surface area contributed by atoms with Gasteiger partial charge in [-0.2, -0.15) is 0 Å². The third kappa shape index (κ3) is 13.2. The second-order valence-corrected chi connectivity index (χ2v) is 7.01. The molecule has 0 aliphatic carbocycles. The van der Waals surface area contributed by atoms with Gasteiger partial charge in [-0.05, 0) is 56.2 Å². The molecule has 1 aromatic carbocycles. The van der Waals surface area contributed by atoms with Gasteiger partial charge in [0.1, 0.15) is 11.5 Å². The summed E-state index contributed by atoms with van der Waals surface area (Å²) in [7, 11) is 0. The first-order valence-corrected chi connectivity index (χ1v) is 10.4. The average molecular weight is 399 g/mol. The highest BCUT2D eigenvalue weighted by Crippen LogP contribution is 2.25. The van der Waals surface area contributed by atoms with E-state index in [1.54, 1.807) is 6.07 Å². The molecule has 0 N–H and O–H groups in total. The van der Waals surface area contributed by atoms with E-state index in [1.807, 2.05) is 18.2 Å². The molecule has 4 heteroatoms. The van der Waals surface area contributed by atoms with Crippen LogP contribution in [0, 0.1) is 0 Å². The molecule has 0 bridgehead atoms. The van der Waals surface area contributed by atoms with Gasteiger partial charge in [-0.25, -0.2) is 0 Å². The van der Waals surface area contributed by atoms with E-state index in [1.165, 1.54) is 33.1 Å². The van der Waals surface area contributed by atoms with Crippen molar-refractivity contribution in [2.24, 2.45) is 0 Å². The number of hydrogen-bond donors (Lipinski definition) is 0. The molecule has 1 rings (SSSR count). The lowest BCUT2D eigenvalue weighted by Crippen LogP contribution is -2.05. The smallest absolute Gasteiger partial charge is 0.308 e. The Kier molecular flexibility index (Phi) is 12.9. The fourth-order valence-electron chi connectivity index (χ4n) is 2.93. The van der Waals surface area contributed by atoms with Crippen molar-refractivity contribution in [3.05, 3.63) is 60.7 Å². The summed E-state index contributed by atoms with van der Waals surface area (Å²) < 4.78 is 10.3. The van der Waals surface area contributed by atoms with Crippen LogP contribution in [0.3, 0.4) is 0 Å². The van der Waals surface area contributed by atoms with Crippen LogP contribution in [0.1, 0.15) is 70.8 Å². The quantitative estimate of drug-likeness (QED) is 0.155. The molecule has 1 aromatic rings. The predicted molar refractivity (Wildman–Crippen MR) is 118 cm³/mol. The molecule has 0 radical (unpaired) electrons. The minimum absolute atomic E-state index is 0.391. The predicted octanol–water partition coefficient (Wildman–Crippen LogP) is 6.50. The van der Waals surface area contributed by atoms with Crippen molar-refractivity contribution in [1.82, 2.24) is 0 Å². The van der Waals surface area contributed by atoms with Crippen LogP contribution < -0.4 is 9.47 Å². The van der Waals surface area contributed by atoms with Gasteiger partial charge in [-0.3, -0.25) is 9.59 Å². The van der Waals surface area contributed by atoms with Crippen LogP contribution in [0.2, 0.25) is 0 Å². The molecule has 29 heavy (non-hydrogen) atoms. The third-order valence-corrected chi connectivity index (χ3v) is 4.21. The second kappa shape index (κ2) is 15.3. The number of benzene rings is 1. The van der Waals surface area contributed by atoms with Gasteiger partial charge >= 0.3 is 11.9 Å². The van der Waals surface area contributed by atoms with Gasteiger partial charge in [-0.1, -0.05) is 49.6 Å². The summed E-state index contributed by atoms with van der Waals surface area (Å²) in [5.74, 6) is 0.0465. The fraction of sp³-hybridized carbons (Fsp3) is 0.440. The van der Waals surface area contributed by atoms with Crippen LogP contribution in [-0.4, -0.2) is 11.9 Å². The standard InChI is InChI=1S/C25H34O4/c1-4-5-6-7-8-9-10-11-12-13-14-15-16-17-23-18-24(28-21(2)26)20-25(19-23)29-22(3)27/h4,6-7,9-10,18-20H,1,5,8,11-17H2,2-3H3/b7-6-,10-9-. The molecule has 0 saturated carbocycles. The monoisotopic (exact) mass is 398 g/mol. The Balaban J connectivity index is 2.27. The molecule has 0 unspecified atom stereocenters. The summed E-state index contributed by atoms with van der Waals surface area (Å²) in [6.45, 7) is 6.40. The topological polar surface area (TPSA) is 52.6 Å². The van der Waals surface area contributed by atoms with Gasteiger partial charge in [0.15, 0.2) is 0 Å². The van der Waals surface area contributed by atoms with Crippen molar-refractivity contribution in [1.29, 1.82) is 0 Å². The highest BCUT2D eigenvalue weighted by Gasteiger charge is 2.07. The first-order chi connectivity index (χ1) is 14.0. The molecule has 0 heterocycles. The van der Waals surface area contributed by atoms with Crippen molar-refractivity contribution >= 4 is 11.9 Å². The van der Waals surface area contributed by atoms with Crippen molar-refractivity contribution in [2.75, 3.05) is 0 Å². The molecular weight excluding hydrogens is 364 g/mol. The molecular formula is C25H34O4. The molecule has 158 valence electrons. The number of hydrogen-bond acceptors (Lipinski definition) is 4. The van der Waals surface area contributed by atoms with E-state index >= 15 is 0 Å². The molecule has 0 atom stereocenters. The zero-order chi connectivity index (χ0) is 21.3. The van der Waals surface area contributed by atoms with Gasteiger partial charge in [0.2, 0.25) is 0 Å². The summed E-state index contributed by atoms with van der Waals surface area (Å²) in [6, 6.07) is 5.24. The third-order valence-electron chi connectivity index (χ3n) is 4.21. The number of carbonyl (C=O) groups excluding carboxylic acids is 2. The summed E-state index contributed by atoms with van der Waals surface area (Å²) in [6.07, 6.45) is 20.4. The minimum atomic E-state index is -0.391. The van der Waals surface area contributed by atoms with E-state index in [4.69, 9.17) is 9.47 Å². The van der Waals surface area contributed by atoms with Crippen LogP contribution in [0.25, 0.3) is 0 Å². The Morgan fingerprint density at radius 2 is 1.34 bits per heavy atom. The Hall–Kier alpha value is -2.62. The number of carbonyl (C=O) groups is 2. The van der Waals surface area contributed by atoms with Crippen LogP contribution in [0.15, 0.2) is 55.2 Å². The first kappa shape index (κ1) is 24.4. The van der Waals surface area contributed by atoms with Crippen molar-refractivity contribution < 1.29 is 19.1 Å². The summed E-state index contributed by atoms with van der Waals surface area (Å²) in [5, 5.41) is 0. The fourth-order valence-corrected chi connectivity index (χ4v) is 2.93. The summed E-state index contributed by atoms with van der Waals surface area (Å²) >= 11 is 0. The van der Waals surface area contributed by atoms with E-state index in [0.29, 0.717) is 11.5 Å². The molecule has 0 aromatic heterocycles. The number of allylic oxidation sites excluding steroid dienone is 5. The van der Waals surface area contributed by atoms with Gasteiger partial charge < -0.3 is 9.47 Å². The van der Waals surface area contributed by atoms with Gasteiger partial charge in [0, 0.05) is 19.9 Å². The van der Waals surface area contributed by atoms with Crippen molar-refractivity contribution in [2.45, 2.75) is 71.6 Å². The maximum Gasteiger partial charge on any atom is 0.308 e. The van der Waals surface area contributed by atoms with Gasteiger partial charge in [0.05, 0.1) is 0 Å². The first-order valence-electron chi connectivity index (χ1n) is 10.4.